The van der Waals surface area contributed by atoms with Crippen LogP contribution in [0.4, 0.5) is 11.4 Å². The van der Waals surface area contributed by atoms with Crippen LogP contribution in [0.2, 0.25) is 0 Å². The van der Waals surface area contributed by atoms with E-state index in [0.29, 0.717) is 0 Å². The van der Waals surface area contributed by atoms with Gasteiger partial charge in [-0.15, -0.1) is 0 Å². The number of aryl methyl sites for hydroxylation is 1. The molecule has 2 aromatic carbocycles. The van der Waals surface area contributed by atoms with Gasteiger partial charge in [-0.3, -0.25) is 9.59 Å². The molecule has 2 atom stereocenters. The number of hydrogen-bond acceptors (Lipinski definition) is 3. The number of fused-ring (bicyclic) bond motifs is 1. The molecule has 2 aliphatic heterocycles. The Morgan fingerprint density at radius 3 is 2.28 bits per heavy atom. The van der Waals surface area contributed by atoms with E-state index < -0.39 is 0 Å². The van der Waals surface area contributed by atoms with Crippen molar-refractivity contribution in [1.82, 2.24) is 4.90 Å². The van der Waals surface area contributed by atoms with Crippen LogP contribution < -0.4 is 9.80 Å². The molecule has 2 aromatic rings. The average molecular weight is 432 g/mol. The summed E-state index contributed by atoms with van der Waals surface area (Å²) in [7, 11) is 0. The summed E-state index contributed by atoms with van der Waals surface area (Å²) < 4.78 is 0. The van der Waals surface area contributed by atoms with Crippen LogP contribution >= 0.6 is 0 Å². The first-order chi connectivity index (χ1) is 15.6. The van der Waals surface area contributed by atoms with Crippen LogP contribution in [-0.4, -0.2) is 49.4 Å². The SMILES string of the molecule is Cc1cccc(N2CCN(C(=O)[C@H]3CCCC[C@H]3C(=O)N3CCc4ccccc43)CC2)c1. The second-order valence-electron chi connectivity index (χ2n) is 9.52. The zero-order chi connectivity index (χ0) is 22.1. The van der Waals surface area contributed by atoms with Crippen molar-refractivity contribution < 1.29 is 9.59 Å². The molecule has 5 heteroatoms. The van der Waals surface area contributed by atoms with Crippen molar-refractivity contribution in [2.45, 2.75) is 39.0 Å². The van der Waals surface area contributed by atoms with Crippen molar-refractivity contribution in [3.63, 3.8) is 0 Å². The average Bonchev–Trinajstić information content (AvgIpc) is 3.27. The molecule has 0 radical (unpaired) electrons. The van der Waals surface area contributed by atoms with E-state index in [4.69, 9.17) is 0 Å². The number of rotatable bonds is 3. The van der Waals surface area contributed by atoms with Gasteiger partial charge in [-0.2, -0.15) is 0 Å². The van der Waals surface area contributed by atoms with E-state index in [0.717, 1.165) is 70.5 Å². The third kappa shape index (κ3) is 4.01. The number of hydrogen-bond donors (Lipinski definition) is 0. The maximum atomic E-state index is 13.6. The van der Waals surface area contributed by atoms with Gasteiger partial charge in [-0.25, -0.2) is 0 Å². The van der Waals surface area contributed by atoms with Gasteiger partial charge in [-0.1, -0.05) is 43.2 Å². The molecule has 2 heterocycles. The van der Waals surface area contributed by atoms with Crippen molar-refractivity contribution in [3.05, 3.63) is 59.7 Å². The van der Waals surface area contributed by atoms with Gasteiger partial charge < -0.3 is 14.7 Å². The molecule has 1 aliphatic carbocycles. The van der Waals surface area contributed by atoms with Crippen molar-refractivity contribution in [2.75, 3.05) is 42.5 Å². The van der Waals surface area contributed by atoms with Crippen LogP contribution in [-0.2, 0) is 16.0 Å². The molecule has 0 spiro atoms. The number of carbonyl (C=O) groups excluding carboxylic acids is 2. The van der Waals surface area contributed by atoms with E-state index in [-0.39, 0.29) is 23.7 Å². The summed E-state index contributed by atoms with van der Waals surface area (Å²) in [5, 5.41) is 0. The number of para-hydroxylation sites is 1. The summed E-state index contributed by atoms with van der Waals surface area (Å²) in [6.07, 6.45) is 4.66. The topological polar surface area (TPSA) is 43.9 Å². The number of anilines is 2. The van der Waals surface area contributed by atoms with E-state index in [2.05, 4.69) is 42.2 Å². The Balaban J connectivity index is 1.26. The highest BCUT2D eigenvalue weighted by atomic mass is 16.2. The Hall–Kier alpha value is -2.82. The van der Waals surface area contributed by atoms with E-state index in [1.54, 1.807) is 0 Å². The summed E-state index contributed by atoms with van der Waals surface area (Å²) in [5.41, 5.74) is 4.77. The first-order valence-corrected chi connectivity index (χ1v) is 12.1. The van der Waals surface area contributed by atoms with Gasteiger partial charge in [0.05, 0.1) is 5.92 Å². The van der Waals surface area contributed by atoms with Crippen molar-refractivity contribution in [2.24, 2.45) is 11.8 Å². The first kappa shape index (κ1) is 21.0. The van der Waals surface area contributed by atoms with Gasteiger partial charge in [-0.05, 0) is 55.5 Å². The number of benzene rings is 2. The molecule has 0 aromatic heterocycles. The summed E-state index contributed by atoms with van der Waals surface area (Å²) >= 11 is 0. The van der Waals surface area contributed by atoms with Gasteiger partial charge in [0, 0.05) is 50.0 Å². The summed E-state index contributed by atoms with van der Waals surface area (Å²) in [6, 6.07) is 16.8. The maximum absolute atomic E-state index is 13.6. The van der Waals surface area contributed by atoms with E-state index in [9.17, 15) is 9.59 Å². The highest BCUT2D eigenvalue weighted by Gasteiger charge is 2.41. The lowest BCUT2D eigenvalue weighted by atomic mass is 9.77. The van der Waals surface area contributed by atoms with Crippen LogP contribution in [0.25, 0.3) is 0 Å². The zero-order valence-corrected chi connectivity index (χ0v) is 19.0. The molecule has 3 aliphatic rings. The van der Waals surface area contributed by atoms with E-state index >= 15 is 0 Å². The lowest BCUT2D eigenvalue weighted by Gasteiger charge is -2.40. The third-order valence-electron chi connectivity index (χ3n) is 7.51. The van der Waals surface area contributed by atoms with Crippen molar-refractivity contribution in [3.8, 4) is 0 Å². The molecule has 1 saturated carbocycles. The number of piperazine rings is 1. The predicted octanol–water partition coefficient (Wildman–Crippen LogP) is 4.04. The summed E-state index contributed by atoms with van der Waals surface area (Å²) in [4.78, 5) is 33.5. The van der Waals surface area contributed by atoms with Gasteiger partial charge in [0.25, 0.3) is 0 Å². The molecular formula is C27H33N3O2. The largest absolute Gasteiger partial charge is 0.368 e. The number of carbonyl (C=O) groups is 2. The summed E-state index contributed by atoms with van der Waals surface area (Å²) in [5.74, 6) is -0.00226. The summed E-state index contributed by atoms with van der Waals surface area (Å²) in [6.45, 7) is 6.01. The number of nitrogens with zero attached hydrogens (tertiary/aromatic N) is 3. The molecule has 1 saturated heterocycles. The molecule has 5 rings (SSSR count). The normalized spacial score (nSPS) is 23.2. The Morgan fingerprint density at radius 1 is 0.812 bits per heavy atom. The minimum absolute atomic E-state index is 0.159. The number of amides is 2. The minimum Gasteiger partial charge on any atom is -0.368 e. The predicted molar refractivity (Wildman–Crippen MR) is 128 cm³/mol. The Labute approximate surface area is 191 Å². The molecule has 2 fully saturated rings. The Morgan fingerprint density at radius 2 is 1.53 bits per heavy atom. The molecule has 5 nitrogen and oxygen atoms in total. The molecule has 32 heavy (non-hydrogen) atoms. The fourth-order valence-corrected chi connectivity index (χ4v) is 5.73. The Bertz CT molecular complexity index is 996. The standard InChI is InChI=1S/C27H33N3O2/c1-20-7-6-9-22(19-20)28-15-17-29(18-16-28)26(31)23-10-3-4-11-24(23)27(32)30-14-13-21-8-2-5-12-25(21)30/h2,5-9,12,19,23-24H,3-4,10-11,13-18H2,1H3/t23-,24+/m0/s1. The fourth-order valence-electron chi connectivity index (χ4n) is 5.73. The highest BCUT2D eigenvalue weighted by molar-refractivity contribution is 5.99. The van der Waals surface area contributed by atoms with Crippen LogP contribution in [0, 0.1) is 18.8 Å². The second-order valence-corrected chi connectivity index (χ2v) is 9.52. The molecule has 0 unspecified atom stereocenters. The van der Waals surface area contributed by atoms with Gasteiger partial charge >= 0.3 is 0 Å². The lowest BCUT2D eigenvalue weighted by molar-refractivity contribution is -0.143. The molecule has 0 bridgehead atoms. The van der Waals surface area contributed by atoms with Crippen molar-refractivity contribution in [1.29, 1.82) is 0 Å². The zero-order valence-electron chi connectivity index (χ0n) is 19.0. The van der Waals surface area contributed by atoms with E-state index in [1.165, 1.54) is 16.8 Å². The lowest BCUT2D eigenvalue weighted by Crippen LogP contribution is -2.53. The maximum Gasteiger partial charge on any atom is 0.230 e. The molecular weight excluding hydrogens is 398 g/mol. The van der Waals surface area contributed by atoms with E-state index in [1.807, 2.05) is 28.0 Å². The van der Waals surface area contributed by atoms with Crippen LogP contribution in [0.15, 0.2) is 48.5 Å². The quantitative estimate of drug-likeness (QED) is 0.737. The monoisotopic (exact) mass is 431 g/mol. The van der Waals surface area contributed by atoms with Crippen LogP contribution in [0.3, 0.4) is 0 Å². The minimum atomic E-state index is -0.183. The van der Waals surface area contributed by atoms with Gasteiger partial charge in [0.15, 0.2) is 0 Å². The fraction of sp³-hybridized carbons (Fsp3) is 0.481. The second kappa shape index (κ2) is 8.97. The highest BCUT2D eigenvalue weighted by Crippen LogP contribution is 2.37. The van der Waals surface area contributed by atoms with Crippen LogP contribution in [0.5, 0.6) is 0 Å². The molecule has 168 valence electrons. The van der Waals surface area contributed by atoms with Gasteiger partial charge in [0.2, 0.25) is 11.8 Å². The third-order valence-corrected chi connectivity index (χ3v) is 7.51. The Kier molecular flexibility index (Phi) is 5.90. The molecule has 2 amide bonds. The van der Waals surface area contributed by atoms with Crippen molar-refractivity contribution >= 4 is 23.2 Å². The smallest absolute Gasteiger partial charge is 0.230 e. The molecule has 0 N–H and O–H groups in total. The first-order valence-electron chi connectivity index (χ1n) is 12.1. The van der Waals surface area contributed by atoms with Gasteiger partial charge in [0.1, 0.15) is 0 Å². The van der Waals surface area contributed by atoms with Crippen LogP contribution in [0.1, 0.15) is 36.8 Å².